The molecular weight excluding hydrogens is 400 g/mol. The third kappa shape index (κ3) is 13.5. The summed E-state index contributed by atoms with van der Waals surface area (Å²) >= 11 is 0. The van der Waals surface area contributed by atoms with E-state index >= 15 is 0 Å². The van der Waals surface area contributed by atoms with Crippen molar-refractivity contribution in [2.24, 2.45) is 0 Å². The van der Waals surface area contributed by atoms with Gasteiger partial charge in [0.15, 0.2) is 0 Å². The van der Waals surface area contributed by atoms with Crippen LogP contribution >= 0.6 is 0 Å². The third-order valence-corrected chi connectivity index (χ3v) is 7.75. The lowest BCUT2D eigenvalue weighted by atomic mass is 9.69. The van der Waals surface area contributed by atoms with Crippen molar-refractivity contribution in [2.75, 3.05) is 0 Å². The van der Waals surface area contributed by atoms with Gasteiger partial charge in [-0.1, -0.05) is 161 Å². The lowest BCUT2D eigenvalue weighted by Crippen LogP contribution is -2.27. The van der Waals surface area contributed by atoms with Gasteiger partial charge in [0.2, 0.25) is 0 Å². The minimum absolute atomic E-state index is 0.171. The second-order valence-electron chi connectivity index (χ2n) is 10.7. The topological polar surface area (TPSA) is 20.2 Å². The SMILES string of the molecule is CCCCCCCCCC(CCCCCCCC)(CCCCCCCC)c1ccccc1O. The standard InChI is InChI=1S/C32H58O/c1-4-7-10-13-16-19-24-29-32(27-22-17-14-11-8-5-2,28-23-18-15-12-9-6-3)30-25-20-21-26-31(30)33/h20-21,25-26,33H,4-19,22-24,27-29H2,1-3H3. The Kier molecular flexibility index (Phi) is 18.6. The van der Waals surface area contributed by atoms with E-state index in [1.54, 1.807) is 0 Å². The zero-order valence-corrected chi connectivity index (χ0v) is 22.8. The van der Waals surface area contributed by atoms with Crippen LogP contribution in [0.15, 0.2) is 24.3 Å². The highest BCUT2D eigenvalue weighted by Crippen LogP contribution is 2.44. The first-order valence-corrected chi connectivity index (χ1v) is 15.0. The van der Waals surface area contributed by atoms with Crippen LogP contribution in [0.4, 0.5) is 0 Å². The van der Waals surface area contributed by atoms with Gasteiger partial charge in [-0.15, -0.1) is 0 Å². The van der Waals surface area contributed by atoms with Crippen LogP contribution in [-0.2, 0) is 5.41 Å². The van der Waals surface area contributed by atoms with Crippen LogP contribution in [0.2, 0.25) is 0 Å². The van der Waals surface area contributed by atoms with Crippen LogP contribution in [0.1, 0.15) is 168 Å². The molecule has 0 spiro atoms. The van der Waals surface area contributed by atoms with Crippen molar-refractivity contribution in [1.29, 1.82) is 0 Å². The predicted molar refractivity (Wildman–Crippen MR) is 148 cm³/mol. The van der Waals surface area contributed by atoms with E-state index in [-0.39, 0.29) is 5.41 Å². The highest BCUT2D eigenvalue weighted by Gasteiger charge is 2.32. The number of para-hydroxylation sites is 1. The van der Waals surface area contributed by atoms with Crippen LogP contribution in [0.5, 0.6) is 5.75 Å². The summed E-state index contributed by atoms with van der Waals surface area (Å²) in [6.07, 6.45) is 29.5. The molecule has 0 radical (unpaired) electrons. The van der Waals surface area contributed by atoms with Crippen molar-refractivity contribution < 1.29 is 5.11 Å². The highest BCUT2D eigenvalue weighted by atomic mass is 16.3. The van der Waals surface area contributed by atoms with Crippen molar-refractivity contribution in [1.82, 2.24) is 0 Å². The first kappa shape index (κ1) is 30.1. The summed E-state index contributed by atoms with van der Waals surface area (Å²) in [5.41, 5.74) is 1.42. The Morgan fingerprint density at radius 3 is 1.18 bits per heavy atom. The van der Waals surface area contributed by atoms with Crippen LogP contribution in [0, 0.1) is 0 Å². The molecule has 0 aliphatic rings. The molecule has 0 bridgehead atoms. The fourth-order valence-corrected chi connectivity index (χ4v) is 5.61. The van der Waals surface area contributed by atoms with E-state index in [1.807, 2.05) is 12.1 Å². The minimum atomic E-state index is 0.171. The summed E-state index contributed by atoms with van der Waals surface area (Å²) < 4.78 is 0. The summed E-state index contributed by atoms with van der Waals surface area (Å²) in [5.74, 6) is 0.539. The van der Waals surface area contributed by atoms with Crippen molar-refractivity contribution in [3.63, 3.8) is 0 Å². The van der Waals surface area contributed by atoms with Gasteiger partial charge in [-0.25, -0.2) is 0 Å². The molecule has 1 aromatic rings. The number of aromatic hydroxyl groups is 1. The van der Waals surface area contributed by atoms with Gasteiger partial charge in [-0.2, -0.15) is 0 Å². The molecule has 1 nitrogen and oxygen atoms in total. The Labute approximate surface area is 208 Å². The average molecular weight is 459 g/mol. The van der Waals surface area contributed by atoms with E-state index in [0.29, 0.717) is 5.75 Å². The molecule has 1 aromatic carbocycles. The summed E-state index contributed by atoms with van der Waals surface area (Å²) in [6, 6.07) is 8.31. The maximum atomic E-state index is 10.9. The summed E-state index contributed by atoms with van der Waals surface area (Å²) in [6.45, 7) is 6.89. The van der Waals surface area contributed by atoms with Gasteiger partial charge in [0.1, 0.15) is 5.75 Å². The number of hydrogen-bond acceptors (Lipinski definition) is 1. The van der Waals surface area contributed by atoms with E-state index in [2.05, 4.69) is 32.9 Å². The molecule has 0 aromatic heterocycles. The molecular formula is C32H58O. The van der Waals surface area contributed by atoms with Gasteiger partial charge >= 0.3 is 0 Å². The van der Waals surface area contributed by atoms with Crippen molar-refractivity contribution in [2.45, 2.75) is 167 Å². The normalized spacial score (nSPS) is 11.8. The smallest absolute Gasteiger partial charge is 0.119 e. The van der Waals surface area contributed by atoms with Crippen molar-refractivity contribution >= 4 is 0 Å². The zero-order chi connectivity index (χ0) is 24.0. The summed E-state index contributed by atoms with van der Waals surface area (Å²) in [7, 11) is 0. The molecule has 1 N–H and O–H groups in total. The Bertz CT molecular complexity index is 533. The van der Waals surface area contributed by atoms with Crippen LogP contribution in [0.3, 0.4) is 0 Å². The number of unbranched alkanes of at least 4 members (excludes halogenated alkanes) is 16. The molecule has 0 aliphatic heterocycles. The van der Waals surface area contributed by atoms with E-state index in [9.17, 15) is 5.11 Å². The molecule has 0 aliphatic carbocycles. The molecule has 0 saturated heterocycles. The molecule has 1 heteroatoms. The van der Waals surface area contributed by atoms with Crippen molar-refractivity contribution in [3.8, 4) is 5.75 Å². The lowest BCUT2D eigenvalue weighted by Gasteiger charge is -2.36. The van der Waals surface area contributed by atoms with Crippen LogP contribution in [0.25, 0.3) is 0 Å². The molecule has 0 unspecified atom stereocenters. The minimum Gasteiger partial charge on any atom is -0.508 e. The molecule has 0 atom stereocenters. The zero-order valence-electron chi connectivity index (χ0n) is 22.8. The molecule has 0 heterocycles. The third-order valence-electron chi connectivity index (χ3n) is 7.75. The number of phenolic OH excluding ortho intramolecular Hbond substituents is 1. The number of hydrogen-bond donors (Lipinski definition) is 1. The van der Waals surface area contributed by atoms with Crippen LogP contribution < -0.4 is 0 Å². The molecule has 0 fully saturated rings. The Hall–Kier alpha value is -0.980. The number of rotatable bonds is 23. The fraction of sp³-hybridized carbons (Fsp3) is 0.812. The van der Waals surface area contributed by atoms with Gasteiger partial charge in [0, 0.05) is 5.56 Å². The number of phenols is 1. The number of benzene rings is 1. The second-order valence-corrected chi connectivity index (χ2v) is 10.7. The highest BCUT2D eigenvalue weighted by molar-refractivity contribution is 5.38. The lowest BCUT2D eigenvalue weighted by molar-refractivity contribution is 0.289. The first-order chi connectivity index (χ1) is 16.2. The van der Waals surface area contributed by atoms with Crippen LogP contribution in [-0.4, -0.2) is 5.11 Å². The molecule has 192 valence electrons. The first-order valence-electron chi connectivity index (χ1n) is 15.0. The molecule has 1 rings (SSSR count). The second kappa shape index (κ2) is 20.4. The average Bonchev–Trinajstić information content (AvgIpc) is 2.82. The molecule has 33 heavy (non-hydrogen) atoms. The Morgan fingerprint density at radius 2 is 0.818 bits per heavy atom. The summed E-state index contributed by atoms with van der Waals surface area (Å²) in [4.78, 5) is 0. The van der Waals surface area contributed by atoms with Gasteiger partial charge in [-0.05, 0) is 30.7 Å². The maximum absolute atomic E-state index is 10.9. The van der Waals surface area contributed by atoms with Crippen molar-refractivity contribution in [3.05, 3.63) is 29.8 Å². The quantitative estimate of drug-likeness (QED) is 0.162. The Balaban J connectivity index is 2.79. The summed E-state index contributed by atoms with van der Waals surface area (Å²) in [5, 5.41) is 10.9. The largest absolute Gasteiger partial charge is 0.508 e. The van der Waals surface area contributed by atoms with Gasteiger partial charge in [0.25, 0.3) is 0 Å². The van der Waals surface area contributed by atoms with E-state index in [4.69, 9.17) is 0 Å². The predicted octanol–water partition coefficient (Wildman–Crippen LogP) is 11.3. The monoisotopic (exact) mass is 458 g/mol. The molecule has 0 saturated carbocycles. The molecule has 0 amide bonds. The van der Waals surface area contributed by atoms with Gasteiger partial charge in [-0.3, -0.25) is 0 Å². The van der Waals surface area contributed by atoms with E-state index in [0.717, 1.165) is 0 Å². The van der Waals surface area contributed by atoms with E-state index < -0.39 is 0 Å². The fourth-order valence-electron chi connectivity index (χ4n) is 5.61. The Morgan fingerprint density at radius 1 is 0.485 bits per heavy atom. The van der Waals surface area contributed by atoms with E-state index in [1.165, 1.54) is 147 Å². The maximum Gasteiger partial charge on any atom is 0.119 e. The van der Waals surface area contributed by atoms with Gasteiger partial charge in [0.05, 0.1) is 0 Å². The van der Waals surface area contributed by atoms with Gasteiger partial charge < -0.3 is 5.11 Å².